The number of rotatable bonds is 2. The number of aliphatic hydroxyl groups is 1. The lowest BCUT2D eigenvalue weighted by atomic mass is 9.86. The maximum Gasteiger partial charge on any atom is 0.109 e. The van der Waals surface area contributed by atoms with E-state index in [1.54, 1.807) is 7.11 Å². The summed E-state index contributed by atoms with van der Waals surface area (Å²) in [6, 6.07) is -0.356. The highest BCUT2D eigenvalue weighted by atomic mass is 16.5. The minimum absolute atomic E-state index is 0.00449. The van der Waals surface area contributed by atoms with Crippen molar-refractivity contribution in [3.05, 3.63) is 0 Å². The number of methoxy groups -OCH3 is 1. The van der Waals surface area contributed by atoms with E-state index in [1.807, 2.05) is 6.92 Å². The molecule has 0 aromatic rings. The van der Waals surface area contributed by atoms with Crippen molar-refractivity contribution in [1.82, 2.24) is 0 Å². The zero-order valence-corrected chi connectivity index (χ0v) is 6.86. The van der Waals surface area contributed by atoms with Gasteiger partial charge in [-0.25, -0.2) is 0 Å². The van der Waals surface area contributed by atoms with Crippen LogP contribution >= 0.6 is 0 Å². The standard InChI is InChI=1S/C7H13BO3/c1-4-6(9)5(3-10-2)11-7(4)8/h4-7,9H,3H2,1-2H3/t4-,5+,6?,7+/m0/s1. The summed E-state index contributed by atoms with van der Waals surface area (Å²) in [5, 5.41) is 9.47. The predicted molar refractivity (Wildman–Crippen MR) is 41.5 cm³/mol. The molecule has 1 aliphatic heterocycles. The molecule has 1 N–H and O–H groups in total. The monoisotopic (exact) mass is 156 g/mol. The molecule has 1 saturated heterocycles. The van der Waals surface area contributed by atoms with Gasteiger partial charge in [0.15, 0.2) is 0 Å². The first-order valence-electron chi connectivity index (χ1n) is 3.75. The van der Waals surface area contributed by atoms with Gasteiger partial charge in [0.1, 0.15) is 14.0 Å². The Morgan fingerprint density at radius 2 is 2.27 bits per heavy atom. The van der Waals surface area contributed by atoms with Crippen LogP contribution in [0.3, 0.4) is 0 Å². The van der Waals surface area contributed by atoms with E-state index in [0.717, 1.165) is 0 Å². The van der Waals surface area contributed by atoms with Crippen molar-refractivity contribution in [1.29, 1.82) is 0 Å². The van der Waals surface area contributed by atoms with Crippen LogP contribution in [-0.4, -0.2) is 44.9 Å². The fourth-order valence-corrected chi connectivity index (χ4v) is 1.24. The third-order valence-electron chi connectivity index (χ3n) is 2.10. The summed E-state index contributed by atoms with van der Waals surface area (Å²) >= 11 is 0. The molecule has 1 unspecified atom stereocenters. The maximum absolute atomic E-state index is 9.47. The van der Waals surface area contributed by atoms with Crippen LogP contribution in [0.25, 0.3) is 0 Å². The molecular formula is C7H13BO3. The highest BCUT2D eigenvalue weighted by Crippen LogP contribution is 2.24. The normalized spacial score (nSPS) is 44.6. The highest BCUT2D eigenvalue weighted by Gasteiger charge is 2.37. The Morgan fingerprint density at radius 1 is 1.64 bits per heavy atom. The zero-order valence-electron chi connectivity index (χ0n) is 6.86. The minimum Gasteiger partial charge on any atom is -0.390 e. The molecule has 1 aliphatic rings. The van der Waals surface area contributed by atoms with Gasteiger partial charge < -0.3 is 14.6 Å². The van der Waals surface area contributed by atoms with Crippen molar-refractivity contribution in [3.8, 4) is 0 Å². The van der Waals surface area contributed by atoms with Gasteiger partial charge in [0.25, 0.3) is 0 Å². The van der Waals surface area contributed by atoms with Gasteiger partial charge in [-0.1, -0.05) is 6.92 Å². The number of aliphatic hydroxyl groups excluding tert-OH is 1. The molecular weight excluding hydrogens is 143 g/mol. The molecule has 0 aromatic heterocycles. The third-order valence-corrected chi connectivity index (χ3v) is 2.10. The van der Waals surface area contributed by atoms with Crippen LogP contribution in [-0.2, 0) is 9.47 Å². The quantitative estimate of drug-likeness (QED) is 0.549. The van der Waals surface area contributed by atoms with Gasteiger partial charge in [-0.3, -0.25) is 0 Å². The summed E-state index contributed by atoms with van der Waals surface area (Å²) in [6.07, 6.45) is -0.755. The lowest BCUT2D eigenvalue weighted by Crippen LogP contribution is -2.29. The van der Waals surface area contributed by atoms with Crippen LogP contribution in [0, 0.1) is 5.92 Å². The van der Waals surface area contributed by atoms with Crippen LogP contribution in [0.4, 0.5) is 0 Å². The Bertz CT molecular complexity index is 131. The smallest absolute Gasteiger partial charge is 0.109 e. The van der Waals surface area contributed by atoms with Crippen molar-refractivity contribution in [3.63, 3.8) is 0 Å². The van der Waals surface area contributed by atoms with E-state index >= 15 is 0 Å². The molecule has 2 radical (unpaired) electrons. The fourth-order valence-electron chi connectivity index (χ4n) is 1.24. The van der Waals surface area contributed by atoms with Gasteiger partial charge in [-0.2, -0.15) is 0 Å². The van der Waals surface area contributed by atoms with E-state index in [-0.39, 0.29) is 18.0 Å². The molecule has 1 rings (SSSR count). The Morgan fingerprint density at radius 3 is 2.64 bits per heavy atom. The van der Waals surface area contributed by atoms with Gasteiger partial charge in [0.2, 0.25) is 0 Å². The lowest BCUT2D eigenvalue weighted by molar-refractivity contribution is -0.0181. The van der Waals surface area contributed by atoms with Crippen molar-refractivity contribution in [2.24, 2.45) is 5.92 Å². The summed E-state index contributed by atoms with van der Waals surface area (Å²) in [6.45, 7) is 2.27. The molecule has 62 valence electrons. The fraction of sp³-hybridized carbons (Fsp3) is 1.00. The molecule has 1 heterocycles. The molecule has 4 heteroatoms. The summed E-state index contributed by atoms with van der Waals surface area (Å²) in [4.78, 5) is 0. The SMILES string of the molecule is [B][C@@H]1O[C@H](COC)C(O)[C@@H]1C. The topological polar surface area (TPSA) is 38.7 Å². The highest BCUT2D eigenvalue weighted by molar-refractivity contribution is 6.11. The van der Waals surface area contributed by atoms with Gasteiger partial charge in [0, 0.05) is 19.0 Å². The van der Waals surface area contributed by atoms with E-state index in [0.29, 0.717) is 6.61 Å². The Balaban J connectivity index is 2.45. The van der Waals surface area contributed by atoms with Crippen LogP contribution < -0.4 is 0 Å². The van der Waals surface area contributed by atoms with Crippen molar-refractivity contribution >= 4 is 7.85 Å². The molecule has 0 amide bonds. The lowest BCUT2D eigenvalue weighted by Gasteiger charge is -2.13. The van der Waals surface area contributed by atoms with E-state index in [4.69, 9.17) is 17.3 Å². The van der Waals surface area contributed by atoms with E-state index in [2.05, 4.69) is 0 Å². The number of hydrogen-bond donors (Lipinski definition) is 1. The molecule has 0 spiro atoms. The van der Waals surface area contributed by atoms with Crippen molar-refractivity contribution in [2.75, 3.05) is 13.7 Å². The molecule has 4 atom stereocenters. The number of hydrogen-bond acceptors (Lipinski definition) is 3. The molecule has 0 saturated carbocycles. The average molecular weight is 156 g/mol. The van der Waals surface area contributed by atoms with Gasteiger partial charge in [-0.15, -0.1) is 0 Å². The van der Waals surface area contributed by atoms with Crippen LogP contribution in [0.2, 0.25) is 0 Å². The summed E-state index contributed by atoms with van der Waals surface area (Å²) in [7, 11) is 7.13. The second-order valence-corrected chi connectivity index (χ2v) is 2.94. The summed E-state index contributed by atoms with van der Waals surface area (Å²) < 4.78 is 10.1. The van der Waals surface area contributed by atoms with Gasteiger partial charge >= 0.3 is 0 Å². The van der Waals surface area contributed by atoms with E-state index in [9.17, 15) is 5.11 Å². The predicted octanol–water partition coefficient (Wildman–Crippen LogP) is -0.477. The Labute approximate surface area is 68.1 Å². The molecule has 1 fully saturated rings. The molecule has 0 aromatic carbocycles. The summed E-state index contributed by atoms with van der Waals surface area (Å²) in [5.74, 6) is -0.00449. The van der Waals surface area contributed by atoms with Crippen LogP contribution in [0.1, 0.15) is 6.92 Å². The molecule has 0 aliphatic carbocycles. The first kappa shape index (κ1) is 9.04. The first-order valence-corrected chi connectivity index (χ1v) is 3.75. The minimum atomic E-state index is -0.495. The Hall–Kier alpha value is -0.0551. The maximum atomic E-state index is 9.47. The van der Waals surface area contributed by atoms with Crippen molar-refractivity contribution in [2.45, 2.75) is 25.1 Å². The zero-order chi connectivity index (χ0) is 8.43. The second kappa shape index (κ2) is 3.56. The average Bonchev–Trinajstić information content (AvgIpc) is 2.19. The third kappa shape index (κ3) is 1.75. The molecule has 3 nitrogen and oxygen atoms in total. The Kier molecular flexibility index (Phi) is 2.93. The second-order valence-electron chi connectivity index (χ2n) is 2.94. The largest absolute Gasteiger partial charge is 0.390 e. The molecule has 0 bridgehead atoms. The van der Waals surface area contributed by atoms with E-state index in [1.165, 1.54) is 0 Å². The van der Waals surface area contributed by atoms with Gasteiger partial charge in [-0.05, 0) is 0 Å². The van der Waals surface area contributed by atoms with Gasteiger partial charge in [0.05, 0.1) is 12.7 Å². The summed E-state index contributed by atoms with van der Waals surface area (Å²) in [5.41, 5.74) is 0. The van der Waals surface area contributed by atoms with Crippen LogP contribution in [0.15, 0.2) is 0 Å². The molecule has 11 heavy (non-hydrogen) atoms. The van der Waals surface area contributed by atoms with E-state index < -0.39 is 6.10 Å². The van der Waals surface area contributed by atoms with Crippen molar-refractivity contribution < 1.29 is 14.6 Å². The first-order chi connectivity index (χ1) is 5.16. The van der Waals surface area contributed by atoms with Crippen LogP contribution in [0.5, 0.6) is 0 Å². The number of ether oxygens (including phenoxy) is 2.